The molecule has 1 atom stereocenters. The second-order valence-electron chi connectivity index (χ2n) is 7.29. The molecule has 30 heavy (non-hydrogen) atoms. The first-order valence-electron chi connectivity index (χ1n) is 9.10. The van der Waals surface area contributed by atoms with Crippen molar-refractivity contribution in [2.75, 3.05) is 29.5 Å². The standard InChI is InChI=1S/C20H21Cl2N3O4S/c1-12-8-14-9-13(4-7-18(14)25(12)30(3,28)29)20(27)24(2)11-19(26)23-15-5-6-16(21)17(22)10-15/h4-7,9-10,12H,8,11H2,1-3H3,(H,23,26). The minimum atomic E-state index is -3.40. The molecule has 7 nitrogen and oxygen atoms in total. The van der Waals surface area contributed by atoms with Crippen LogP contribution in [0.15, 0.2) is 36.4 Å². The summed E-state index contributed by atoms with van der Waals surface area (Å²) in [5.41, 5.74) is 2.23. The zero-order valence-corrected chi connectivity index (χ0v) is 19.0. The van der Waals surface area contributed by atoms with E-state index in [9.17, 15) is 18.0 Å². The molecule has 10 heteroatoms. The lowest BCUT2D eigenvalue weighted by Gasteiger charge is -2.22. The molecule has 0 spiro atoms. The molecule has 1 aliphatic rings. The van der Waals surface area contributed by atoms with E-state index >= 15 is 0 Å². The summed E-state index contributed by atoms with van der Waals surface area (Å²) in [7, 11) is -1.88. The average molecular weight is 470 g/mol. The number of rotatable bonds is 5. The third kappa shape index (κ3) is 4.71. The number of carbonyl (C=O) groups is 2. The van der Waals surface area contributed by atoms with Crippen molar-refractivity contribution in [3.8, 4) is 0 Å². The van der Waals surface area contributed by atoms with Crippen LogP contribution in [0.4, 0.5) is 11.4 Å². The molecule has 0 aromatic heterocycles. The average Bonchev–Trinajstić information content (AvgIpc) is 2.99. The molecule has 1 N–H and O–H groups in total. The van der Waals surface area contributed by atoms with Crippen LogP contribution >= 0.6 is 23.2 Å². The maximum absolute atomic E-state index is 12.8. The van der Waals surface area contributed by atoms with Crippen LogP contribution in [0.2, 0.25) is 10.0 Å². The number of hydrogen-bond donors (Lipinski definition) is 1. The van der Waals surface area contributed by atoms with E-state index in [1.807, 2.05) is 6.92 Å². The van der Waals surface area contributed by atoms with E-state index in [4.69, 9.17) is 23.2 Å². The smallest absolute Gasteiger partial charge is 0.254 e. The van der Waals surface area contributed by atoms with Gasteiger partial charge in [-0.15, -0.1) is 0 Å². The Morgan fingerprint density at radius 1 is 1.17 bits per heavy atom. The number of hydrogen-bond acceptors (Lipinski definition) is 4. The van der Waals surface area contributed by atoms with Gasteiger partial charge < -0.3 is 10.2 Å². The van der Waals surface area contributed by atoms with Gasteiger partial charge in [-0.3, -0.25) is 13.9 Å². The highest BCUT2D eigenvalue weighted by Gasteiger charge is 2.33. The van der Waals surface area contributed by atoms with Crippen molar-refractivity contribution >= 4 is 56.4 Å². The topological polar surface area (TPSA) is 86.8 Å². The van der Waals surface area contributed by atoms with E-state index in [2.05, 4.69) is 5.32 Å². The summed E-state index contributed by atoms with van der Waals surface area (Å²) in [5, 5.41) is 3.36. The van der Waals surface area contributed by atoms with Crippen molar-refractivity contribution in [3.05, 3.63) is 57.6 Å². The molecule has 0 radical (unpaired) electrons. The molecule has 1 heterocycles. The third-order valence-electron chi connectivity index (χ3n) is 4.77. The van der Waals surface area contributed by atoms with E-state index in [0.717, 1.165) is 11.8 Å². The second-order valence-corrected chi connectivity index (χ2v) is 9.97. The fourth-order valence-electron chi connectivity index (χ4n) is 3.52. The largest absolute Gasteiger partial charge is 0.332 e. The lowest BCUT2D eigenvalue weighted by Crippen LogP contribution is -2.35. The number of carbonyl (C=O) groups excluding carboxylic acids is 2. The number of sulfonamides is 1. The molecule has 2 aromatic rings. The van der Waals surface area contributed by atoms with Gasteiger partial charge >= 0.3 is 0 Å². The molecule has 3 rings (SSSR count). The number of likely N-dealkylation sites (N-methyl/N-ethyl adjacent to an activating group) is 1. The number of benzene rings is 2. The fraction of sp³-hybridized carbons (Fsp3) is 0.300. The lowest BCUT2D eigenvalue weighted by atomic mass is 10.1. The number of amides is 2. The monoisotopic (exact) mass is 469 g/mol. The van der Waals surface area contributed by atoms with Gasteiger partial charge in [0.15, 0.2) is 0 Å². The van der Waals surface area contributed by atoms with Crippen LogP contribution in [-0.4, -0.2) is 51.0 Å². The Labute approximate surface area is 185 Å². The Morgan fingerprint density at radius 2 is 1.87 bits per heavy atom. The third-order valence-corrected chi connectivity index (χ3v) is 6.78. The first-order chi connectivity index (χ1) is 14.0. The highest BCUT2D eigenvalue weighted by Crippen LogP contribution is 2.34. The Hall–Kier alpha value is -2.29. The van der Waals surface area contributed by atoms with Crippen molar-refractivity contribution in [2.45, 2.75) is 19.4 Å². The van der Waals surface area contributed by atoms with E-state index in [1.54, 1.807) is 30.3 Å². The molecule has 2 aromatic carbocycles. The Kier molecular flexibility index (Phi) is 6.31. The number of halogens is 2. The first kappa shape index (κ1) is 22.4. The molecule has 0 saturated carbocycles. The summed E-state index contributed by atoms with van der Waals surface area (Å²) >= 11 is 11.8. The Balaban J connectivity index is 1.70. The zero-order valence-electron chi connectivity index (χ0n) is 16.6. The van der Waals surface area contributed by atoms with Crippen LogP contribution < -0.4 is 9.62 Å². The zero-order chi connectivity index (χ0) is 22.2. The Morgan fingerprint density at radius 3 is 2.50 bits per heavy atom. The minimum absolute atomic E-state index is 0.165. The van der Waals surface area contributed by atoms with Crippen LogP contribution in [-0.2, 0) is 21.2 Å². The van der Waals surface area contributed by atoms with E-state index < -0.39 is 10.0 Å². The summed E-state index contributed by atoms with van der Waals surface area (Å²) in [4.78, 5) is 26.3. The lowest BCUT2D eigenvalue weighted by molar-refractivity contribution is -0.116. The van der Waals surface area contributed by atoms with Gasteiger partial charge in [0, 0.05) is 24.3 Å². The van der Waals surface area contributed by atoms with Gasteiger partial charge in [-0.2, -0.15) is 0 Å². The predicted molar refractivity (Wildman–Crippen MR) is 119 cm³/mol. The van der Waals surface area contributed by atoms with Gasteiger partial charge in [0.25, 0.3) is 5.91 Å². The van der Waals surface area contributed by atoms with E-state index in [0.29, 0.717) is 33.4 Å². The second kappa shape index (κ2) is 8.45. The van der Waals surface area contributed by atoms with Crippen LogP contribution in [0.25, 0.3) is 0 Å². The van der Waals surface area contributed by atoms with Crippen molar-refractivity contribution in [3.63, 3.8) is 0 Å². The molecular formula is C20H21Cl2N3O4S. The summed E-state index contributed by atoms with van der Waals surface area (Å²) < 4.78 is 25.4. The molecule has 0 aliphatic carbocycles. The van der Waals surface area contributed by atoms with Gasteiger partial charge in [0.1, 0.15) is 0 Å². The van der Waals surface area contributed by atoms with E-state index in [-0.39, 0.29) is 24.4 Å². The molecule has 0 saturated heterocycles. The molecule has 1 aliphatic heterocycles. The number of nitrogens with one attached hydrogen (secondary N) is 1. The molecular weight excluding hydrogens is 449 g/mol. The predicted octanol–water partition coefficient (Wildman–Crippen LogP) is 3.41. The number of nitrogens with zero attached hydrogens (tertiary/aromatic N) is 2. The molecule has 2 amide bonds. The molecule has 0 fully saturated rings. The van der Waals surface area contributed by atoms with Crippen molar-refractivity contribution < 1.29 is 18.0 Å². The highest BCUT2D eigenvalue weighted by atomic mass is 35.5. The Bertz CT molecular complexity index is 1120. The highest BCUT2D eigenvalue weighted by molar-refractivity contribution is 7.92. The van der Waals surface area contributed by atoms with Crippen LogP contribution in [0.3, 0.4) is 0 Å². The summed E-state index contributed by atoms with van der Waals surface area (Å²) in [5.74, 6) is -0.727. The SMILES string of the molecule is CC1Cc2cc(C(=O)N(C)CC(=O)Nc3ccc(Cl)c(Cl)c3)ccc2N1S(C)(=O)=O. The quantitative estimate of drug-likeness (QED) is 0.726. The maximum atomic E-state index is 12.8. The summed E-state index contributed by atoms with van der Waals surface area (Å²) in [6.07, 6.45) is 1.68. The van der Waals surface area contributed by atoms with Gasteiger partial charge in [-0.1, -0.05) is 23.2 Å². The fourth-order valence-corrected chi connectivity index (χ4v) is 5.08. The minimum Gasteiger partial charge on any atom is -0.332 e. The van der Waals surface area contributed by atoms with Crippen molar-refractivity contribution in [2.24, 2.45) is 0 Å². The number of anilines is 2. The molecule has 0 bridgehead atoms. The summed E-state index contributed by atoms with van der Waals surface area (Å²) in [6.45, 7) is 1.66. The van der Waals surface area contributed by atoms with Crippen LogP contribution in [0.1, 0.15) is 22.8 Å². The van der Waals surface area contributed by atoms with Gasteiger partial charge in [-0.25, -0.2) is 8.42 Å². The van der Waals surface area contributed by atoms with Crippen molar-refractivity contribution in [1.29, 1.82) is 0 Å². The maximum Gasteiger partial charge on any atom is 0.254 e. The van der Waals surface area contributed by atoms with E-state index in [1.165, 1.54) is 22.3 Å². The summed E-state index contributed by atoms with van der Waals surface area (Å²) in [6, 6.07) is 9.39. The normalized spacial score (nSPS) is 15.6. The van der Waals surface area contributed by atoms with Gasteiger partial charge in [-0.05, 0) is 55.3 Å². The van der Waals surface area contributed by atoms with Crippen LogP contribution in [0.5, 0.6) is 0 Å². The van der Waals surface area contributed by atoms with Gasteiger partial charge in [0.05, 0.1) is 28.5 Å². The van der Waals surface area contributed by atoms with Gasteiger partial charge in [0.2, 0.25) is 15.9 Å². The molecule has 160 valence electrons. The first-order valence-corrected chi connectivity index (χ1v) is 11.7. The van der Waals surface area contributed by atoms with Crippen LogP contribution in [0, 0.1) is 0 Å². The number of fused-ring (bicyclic) bond motifs is 1. The van der Waals surface area contributed by atoms with Crippen molar-refractivity contribution in [1.82, 2.24) is 4.90 Å². The molecule has 1 unspecified atom stereocenters.